The molecule has 0 radical (unpaired) electrons. The molecule has 1 aromatic heterocycles. The quantitative estimate of drug-likeness (QED) is 0.854. The monoisotopic (exact) mass is 396 g/mol. The normalized spacial score (nSPS) is 17.3. The maximum absolute atomic E-state index is 12.7. The van der Waals surface area contributed by atoms with Gasteiger partial charge in [0.15, 0.2) is 5.82 Å². The summed E-state index contributed by atoms with van der Waals surface area (Å²) in [5.74, 6) is 0.891. The average Bonchev–Trinajstić information content (AvgIpc) is 2.80. The highest BCUT2D eigenvalue weighted by atomic mass is 16.5. The lowest BCUT2D eigenvalue weighted by Crippen LogP contribution is -2.50. The summed E-state index contributed by atoms with van der Waals surface area (Å²) in [5.41, 5.74) is 3.10. The number of ether oxygens (including phenoxy) is 1. The van der Waals surface area contributed by atoms with E-state index in [2.05, 4.69) is 44.4 Å². The molecule has 154 valence electrons. The van der Waals surface area contributed by atoms with Gasteiger partial charge in [0.05, 0.1) is 25.1 Å². The van der Waals surface area contributed by atoms with Crippen LogP contribution in [0.2, 0.25) is 0 Å². The standard InChI is InChI=1S/C21H28N6O2/c1-2-17-5-3-4-6-19(17)23-21(28)27-9-7-25(8-10-27)18-15-20(24-22-16-18)26-11-13-29-14-12-26/h3-6,15-16H,2,7-14H2,1H3,(H,23,28). The van der Waals surface area contributed by atoms with Crippen LogP contribution in [0.3, 0.4) is 0 Å². The Morgan fingerprint density at radius 2 is 1.83 bits per heavy atom. The van der Waals surface area contributed by atoms with Crippen molar-refractivity contribution in [2.75, 3.05) is 67.6 Å². The average molecular weight is 396 g/mol. The first-order valence-electron chi connectivity index (χ1n) is 10.3. The first kappa shape index (κ1) is 19.4. The van der Waals surface area contributed by atoms with Crippen molar-refractivity contribution in [3.8, 4) is 0 Å². The molecule has 29 heavy (non-hydrogen) atoms. The highest BCUT2D eigenvalue weighted by molar-refractivity contribution is 5.90. The van der Waals surface area contributed by atoms with Crippen LogP contribution in [-0.4, -0.2) is 73.6 Å². The van der Waals surface area contributed by atoms with Crippen molar-refractivity contribution < 1.29 is 9.53 Å². The molecule has 8 nitrogen and oxygen atoms in total. The van der Waals surface area contributed by atoms with Gasteiger partial charge in [-0.2, -0.15) is 5.10 Å². The number of amides is 2. The van der Waals surface area contributed by atoms with Crippen molar-refractivity contribution in [1.29, 1.82) is 0 Å². The Morgan fingerprint density at radius 1 is 1.07 bits per heavy atom. The maximum atomic E-state index is 12.7. The van der Waals surface area contributed by atoms with Crippen LogP contribution in [0, 0.1) is 0 Å². The Bertz CT molecular complexity index is 831. The van der Waals surface area contributed by atoms with Crippen molar-refractivity contribution in [3.05, 3.63) is 42.1 Å². The minimum Gasteiger partial charge on any atom is -0.378 e. The molecule has 2 fully saturated rings. The number of piperazine rings is 1. The maximum Gasteiger partial charge on any atom is 0.321 e. The van der Waals surface area contributed by atoms with E-state index in [4.69, 9.17) is 4.74 Å². The van der Waals surface area contributed by atoms with Gasteiger partial charge in [0.2, 0.25) is 0 Å². The molecule has 0 spiro atoms. The zero-order chi connectivity index (χ0) is 20.1. The van der Waals surface area contributed by atoms with E-state index in [1.54, 1.807) is 6.20 Å². The van der Waals surface area contributed by atoms with Gasteiger partial charge in [-0.15, -0.1) is 5.10 Å². The van der Waals surface area contributed by atoms with E-state index in [1.807, 2.05) is 23.1 Å². The molecule has 0 saturated carbocycles. The van der Waals surface area contributed by atoms with E-state index in [9.17, 15) is 4.79 Å². The van der Waals surface area contributed by atoms with Crippen LogP contribution in [0.5, 0.6) is 0 Å². The largest absolute Gasteiger partial charge is 0.378 e. The zero-order valence-electron chi connectivity index (χ0n) is 16.9. The van der Waals surface area contributed by atoms with Crippen molar-refractivity contribution in [1.82, 2.24) is 15.1 Å². The summed E-state index contributed by atoms with van der Waals surface area (Å²) in [5, 5.41) is 11.5. The number of anilines is 3. The fourth-order valence-corrected chi connectivity index (χ4v) is 3.78. The molecule has 0 atom stereocenters. The van der Waals surface area contributed by atoms with Gasteiger partial charge in [0.1, 0.15) is 0 Å². The van der Waals surface area contributed by atoms with Crippen molar-refractivity contribution in [3.63, 3.8) is 0 Å². The van der Waals surface area contributed by atoms with Gasteiger partial charge in [0.25, 0.3) is 0 Å². The van der Waals surface area contributed by atoms with E-state index in [0.29, 0.717) is 13.1 Å². The Labute approximate surface area is 171 Å². The number of nitrogens with one attached hydrogen (secondary N) is 1. The predicted octanol–water partition coefficient (Wildman–Crippen LogP) is 2.23. The summed E-state index contributed by atoms with van der Waals surface area (Å²) < 4.78 is 5.42. The molecule has 0 unspecified atom stereocenters. The fourth-order valence-electron chi connectivity index (χ4n) is 3.78. The van der Waals surface area contributed by atoms with Crippen molar-refractivity contribution in [2.24, 2.45) is 0 Å². The molecule has 3 heterocycles. The van der Waals surface area contributed by atoms with Gasteiger partial charge in [-0.1, -0.05) is 25.1 Å². The highest BCUT2D eigenvalue weighted by Gasteiger charge is 2.23. The SMILES string of the molecule is CCc1ccccc1NC(=O)N1CCN(c2cnnc(N3CCOCC3)c2)CC1. The fraction of sp³-hybridized carbons (Fsp3) is 0.476. The van der Waals surface area contributed by atoms with Gasteiger partial charge in [-0.05, 0) is 18.1 Å². The van der Waals surface area contributed by atoms with Crippen LogP contribution >= 0.6 is 0 Å². The summed E-state index contributed by atoms with van der Waals surface area (Å²) in [7, 11) is 0. The van der Waals surface area contributed by atoms with E-state index in [1.165, 1.54) is 0 Å². The summed E-state index contributed by atoms with van der Waals surface area (Å²) in [6.45, 7) is 8.12. The number of carbonyl (C=O) groups excluding carboxylic acids is 1. The molecule has 8 heteroatoms. The summed E-state index contributed by atoms with van der Waals surface area (Å²) >= 11 is 0. The Morgan fingerprint density at radius 3 is 2.59 bits per heavy atom. The number of aryl methyl sites for hydroxylation is 1. The van der Waals surface area contributed by atoms with Gasteiger partial charge in [0, 0.05) is 51.0 Å². The third-order valence-electron chi connectivity index (χ3n) is 5.53. The number of carbonyl (C=O) groups is 1. The van der Waals surface area contributed by atoms with Crippen LogP contribution in [0.15, 0.2) is 36.5 Å². The number of hydrogen-bond acceptors (Lipinski definition) is 6. The molecular formula is C21H28N6O2. The Hall–Kier alpha value is -2.87. The number of aromatic nitrogens is 2. The first-order chi connectivity index (χ1) is 14.2. The number of nitrogens with zero attached hydrogens (tertiary/aromatic N) is 5. The topological polar surface area (TPSA) is 73.8 Å². The minimum atomic E-state index is -0.0348. The van der Waals surface area contributed by atoms with E-state index >= 15 is 0 Å². The Balaban J connectivity index is 1.35. The molecule has 4 rings (SSSR count). The molecule has 2 amide bonds. The van der Waals surface area contributed by atoms with Gasteiger partial charge >= 0.3 is 6.03 Å². The lowest BCUT2D eigenvalue weighted by molar-refractivity contribution is 0.122. The molecule has 2 aliphatic heterocycles. The second-order valence-electron chi connectivity index (χ2n) is 7.29. The van der Waals surface area contributed by atoms with E-state index < -0.39 is 0 Å². The molecule has 2 aliphatic rings. The number of morpholine rings is 1. The number of rotatable bonds is 4. The molecule has 0 aliphatic carbocycles. The second kappa shape index (κ2) is 9.09. The van der Waals surface area contributed by atoms with Crippen molar-refractivity contribution in [2.45, 2.75) is 13.3 Å². The zero-order valence-corrected chi connectivity index (χ0v) is 16.9. The lowest BCUT2D eigenvalue weighted by Gasteiger charge is -2.36. The van der Waals surface area contributed by atoms with Crippen LogP contribution in [0.1, 0.15) is 12.5 Å². The van der Waals surface area contributed by atoms with Gasteiger partial charge < -0.3 is 24.8 Å². The van der Waals surface area contributed by atoms with Crippen LogP contribution in [0.25, 0.3) is 0 Å². The molecular weight excluding hydrogens is 368 g/mol. The van der Waals surface area contributed by atoms with E-state index in [-0.39, 0.29) is 6.03 Å². The molecule has 2 aromatic rings. The number of benzene rings is 1. The highest BCUT2D eigenvalue weighted by Crippen LogP contribution is 2.22. The predicted molar refractivity (Wildman–Crippen MR) is 114 cm³/mol. The molecule has 0 bridgehead atoms. The van der Waals surface area contributed by atoms with Crippen LogP contribution in [0.4, 0.5) is 22.0 Å². The lowest BCUT2D eigenvalue weighted by atomic mass is 10.1. The molecule has 1 N–H and O–H groups in total. The third-order valence-corrected chi connectivity index (χ3v) is 5.53. The summed E-state index contributed by atoms with van der Waals surface area (Å²) in [4.78, 5) is 19.0. The van der Waals surface area contributed by atoms with Gasteiger partial charge in [-0.3, -0.25) is 0 Å². The number of hydrogen-bond donors (Lipinski definition) is 1. The smallest absolute Gasteiger partial charge is 0.321 e. The number of para-hydroxylation sites is 1. The summed E-state index contributed by atoms with van der Waals surface area (Å²) in [6.07, 6.45) is 2.70. The van der Waals surface area contributed by atoms with Crippen LogP contribution in [-0.2, 0) is 11.2 Å². The number of urea groups is 1. The van der Waals surface area contributed by atoms with Crippen molar-refractivity contribution >= 4 is 23.2 Å². The molecule has 2 saturated heterocycles. The Kier molecular flexibility index (Phi) is 6.09. The van der Waals surface area contributed by atoms with E-state index in [0.717, 1.165) is 68.6 Å². The third kappa shape index (κ3) is 4.59. The second-order valence-corrected chi connectivity index (χ2v) is 7.29. The van der Waals surface area contributed by atoms with Gasteiger partial charge in [-0.25, -0.2) is 4.79 Å². The summed E-state index contributed by atoms with van der Waals surface area (Å²) in [6, 6.07) is 10.0. The van der Waals surface area contributed by atoms with Crippen LogP contribution < -0.4 is 15.1 Å². The minimum absolute atomic E-state index is 0.0348. The molecule has 1 aromatic carbocycles. The first-order valence-corrected chi connectivity index (χ1v) is 10.3.